The third-order valence-corrected chi connectivity index (χ3v) is 3.35. The van der Waals surface area contributed by atoms with Crippen molar-refractivity contribution in [2.24, 2.45) is 0 Å². The molecule has 1 aromatic rings. The van der Waals surface area contributed by atoms with Gasteiger partial charge in [-0.05, 0) is 41.2 Å². The van der Waals surface area contributed by atoms with E-state index < -0.39 is 0 Å². The minimum absolute atomic E-state index is 1.06. The molecule has 0 atom stereocenters. The summed E-state index contributed by atoms with van der Waals surface area (Å²) in [5, 5.41) is 0. The van der Waals surface area contributed by atoms with Crippen molar-refractivity contribution in [3.05, 3.63) is 71.3 Å². The molecule has 0 unspecified atom stereocenters. The number of allylic oxidation sites excluding steroid dienone is 7. The molecule has 0 heterocycles. The summed E-state index contributed by atoms with van der Waals surface area (Å²) >= 11 is 0. The Bertz CT molecular complexity index is 565. The number of benzene rings is 1. The van der Waals surface area contributed by atoms with Crippen LogP contribution in [0.25, 0.3) is 11.1 Å². The first kappa shape index (κ1) is 9.41. The Morgan fingerprint density at radius 2 is 1.88 bits per heavy atom. The molecule has 78 valence electrons. The maximum absolute atomic E-state index is 3.95. The van der Waals surface area contributed by atoms with Gasteiger partial charge in [-0.25, -0.2) is 0 Å². The van der Waals surface area contributed by atoms with Crippen LogP contribution in [0.1, 0.15) is 24.5 Å². The number of hydrogen-bond donors (Lipinski definition) is 0. The first-order chi connectivity index (χ1) is 7.81. The monoisotopic (exact) mass is 206 g/mol. The van der Waals surface area contributed by atoms with E-state index in [9.17, 15) is 0 Å². The van der Waals surface area contributed by atoms with E-state index in [0.29, 0.717) is 0 Å². The smallest absolute Gasteiger partial charge is 0.00544 e. The van der Waals surface area contributed by atoms with Gasteiger partial charge < -0.3 is 0 Å². The van der Waals surface area contributed by atoms with E-state index in [0.717, 1.165) is 6.42 Å². The second-order valence-electron chi connectivity index (χ2n) is 4.41. The molecule has 0 fully saturated rings. The Balaban J connectivity index is 2.30. The van der Waals surface area contributed by atoms with Gasteiger partial charge in [-0.1, -0.05) is 54.6 Å². The van der Waals surface area contributed by atoms with E-state index in [2.05, 4.69) is 49.9 Å². The Morgan fingerprint density at radius 1 is 1.12 bits per heavy atom. The van der Waals surface area contributed by atoms with Gasteiger partial charge in [0.1, 0.15) is 0 Å². The third kappa shape index (κ3) is 1.16. The average Bonchev–Trinajstić information content (AvgIpc) is 2.61. The van der Waals surface area contributed by atoms with Gasteiger partial charge >= 0.3 is 0 Å². The maximum Gasteiger partial charge on any atom is -0.00544 e. The highest BCUT2D eigenvalue weighted by atomic mass is 14.3. The summed E-state index contributed by atoms with van der Waals surface area (Å²) in [6.07, 6.45) is 7.51. The van der Waals surface area contributed by atoms with Crippen molar-refractivity contribution in [2.45, 2.75) is 13.3 Å². The molecule has 0 nitrogen and oxygen atoms in total. The van der Waals surface area contributed by atoms with Crippen molar-refractivity contribution in [1.29, 1.82) is 0 Å². The molecule has 0 aromatic heterocycles. The predicted molar refractivity (Wildman–Crippen MR) is 69.9 cm³/mol. The molecule has 3 rings (SSSR count). The highest BCUT2D eigenvalue weighted by molar-refractivity contribution is 6.03. The molecule has 0 saturated carbocycles. The average molecular weight is 206 g/mol. The van der Waals surface area contributed by atoms with E-state index in [-0.39, 0.29) is 0 Å². The summed E-state index contributed by atoms with van der Waals surface area (Å²) < 4.78 is 0. The van der Waals surface area contributed by atoms with Gasteiger partial charge in [0.05, 0.1) is 0 Å². The van der Waals surface area contributed by atoms with E-state index in [1.807, 2.05) is 6.08 Å². The molecule has 2 aliphatic rings. The predicted octanol–water partition coefficient (Wildman–Crippen LogP) is 4.37. The number of fused-ring (bicyclic) bond motifs is 3. The highest BCUT2D eigenvalue weighted by Crippen LogP contribution is 2.45. The summed E-state index contributed by atoms with van der Waals surface area (Å²) in [5.74, 6) is 0. The Morgan fingerprint density at radius 3 is 2.62 bits per heavy atom. The Hall–Kier alpha value is -1.82. The van der Waals surface area contributed by atoms with E-state index >= 15 is 0 Å². The van der Waals surface area contributed by atoms with Crippen LogP contribution in [0.2, 0.25) is 0 Å². The van der Waals surface area contributed by atoms with Crippen LogP contribution in [-0.2, 0) is 0 Å². The van der Waals surface area contributed by atoms with Gasteiger partial charge in [0.2, 0.25) is 0 Å². The maximum atomic E-state index is 3.95. The lowest BCUT2D eigenvalue weighted by Gasteiger charge is -2.12. The van der Waals surface area contributed by atoms with Crippen molar-refractivity contribution < 1.29 is 0 Å². The summed E-state index contributed by atoms with van der Waals surface area (Å²) in [6.45, 7) is 6.14. The second-order valence-corrected chi connectivity index (χ2v) is 4.41. The molecule has 16 heavy (non-hydrogen) atoms. The summed E-state index contributed by atoms with van der Waals surface area (Å²) in [6, 6.07) is 8.59. The lowest BCUT2D eigenvalue weighted by molar-refractivity contribution is 1.16. The van der Waals surface area contributed by atoms with Crippen LogP contribution >= 0.6 is 0 Å². The van der Waals surface area contributed by atoms with Crippen molar-refractivity contribution in [3.63, 3.8) is 0 Å². The zero-order valence-electron chi connectivity index (χ0n) is 9.46. The molecular formula is C16H14. The minimum atomic E-state index is 1.06. The fraction of sp³-hybridized carbons (Fsp3) is 0.125. The van der Waals surface area contributed by atoms with E-state index in [1.165, 1.54) is 33.4 Å². The van der Waals surface area contributed by atoms with Crippen molar-refractivity contribution >= 4 is 11.1 Å². The second kappa shape index (κ2) is 3.34. The van der Waals surface area contributed by atoms with Crippen LogP contribution in [0.15, 0.2) is 60.2 Å². The van der Waals surface area contributed by atoms with Gasteiger partial charge in [0.15, 0.2) is 0 Å². The van der Waals surface area contributed by atoms with E-state index in [4.69, 9.17) is 0 Å². The molecular weight excluding hydrogens is 192 g/mol. The van der Waals surface area contributed by atoms with Crippen molar-refractivity contribution in [1.82, 2.24) is 0 Å². The van der Waals surface area contributed by atoms with Crippen LogP contribution in [0.4, 0.5) is 0 Å². The lowest BCUT2D eigenvalue weighted by atomic mass is 9.92. The fourth-order valence-corrected chi connectivity index (χ4v) is 2.60. The SMILES string of the molecule is C=CC1=C2CC(C)=CC=C2c2ccccc21. The Labute approximate surface area is 96.3 Å². The number of hydrogen-bond acceptors (Lipinski definition) is 0. The topological polar surface area (TPSA) is 0 Å². The Kier molecular flexibility index (Phi) is 1.97. The van der Waals surface area contributed by atoms with Crippen molar-refractivity contribution in [3.8, 4) is 0 Å². The van der Waals surface area contributed by atoms with Crippen LogP contribution in [0, 0.1) is 0 Å². The van der Waals surface area contributed by atoms with Crippen LogP contribution in [0.3, 0.4) is 0 Å². The normalized spacial score (nSPS) is 17.6. The zero-order chi connectivity index (χ0) is 11.1. The van der Waals surface area contributed by atoms with Crippen LogP contribution in [0.5, 0.6) is 0 Å². The fourth-order valence-electron chi connectivity index (χ4n) is 2.60. The van der Waals surface area contributed by atoms with Gasteiger partial charge in [0, 0.05) is 0 Å². The first-order valence-electron chi connectivity index (χ1n) is 5.64. The summed E-state index contributed by atoms with van der Waals surface area (Å²) in [5.41, 5.74) is 8.26. The molecule has 0 radical (unpaired) electrons. The highest BCUT2D eigenvalue weighted by Gasteiger charge is 2.25. The molecule has 0 N–H and O–H groups in total. The molecule has 0 aliphatic heterocycles. The van der Waals surface area contributed by atoms with Crippen molar-refractivity contribution in [2.75, 3.05) is 0 Å². The van der Waals surface area contributed by atoms with Gasteiger partial charge in [0.25, 0.3) is 0 Å². The largest absolute Gasteiger partial charge is 0.0984 e. The third-order valence-electron chi connectivity index (χ3n) is 3.35. The van der Waals surface area contributed by atoms with Crippen LogP contribution in [-0.4, -0.2) is 0 Å². The molecule has 0 bridgehead atoms. The summed E-state index contributed by atoms with van der Waals surface area (Å²) in [7, 11) is 0. The first-order valence-corrected chi connectivity index (χ1v) is 5.64. The molecule has 0 amide bonds. The van der Waals surface area contributed by atoms with Gasteiger partial charge in [-0.2, -0.15) is 0 Å². The van der Waals surface area contributed by atoms with Crippen LogP contribution < -0.4 is 0 Å². The zero-order valence-corrected chi connectivity index (χ0v) is 9.46. The molecule has 0 spiro atoms. The number of rotatable bonds is 1. The lowest BCUT2D eigenvalue weighted by Crippen LogP contribution is -1.91. The quantitative estimate of drug-likeness (QED) is 0.640. The summed E-state index contributed by atoms with van der Waals surface area (Å²) in [4.78, 5) is 0. The molecule has 0 heteroatoms. The van der Waals surface area contributed by atoms with Gasteiger partial charge in [-0.15, -0.1) is 0 Å². The molecule has 1 aromatic carbocycles. The molecule has 0 saturated heterocycles. The standard InChI is InChI=1S/C16H14/c1-3-12-13-6-4-5-7-14(13)15-9-8-11(2)10-16(12)15/h3-9H,1,10H2,2H3. The van der Waals surface area contributed by atoms with E-state index in [1.54, 1.807) is 0 Å². The van der Waals surface area contributed by atoms with Gasteiger partial charge in [-0.3, -0.25) is 0 Å². The minimum Gasteiger partial charge on any atom is -0.0984 e. The molecule has 2 aliphatic carbocycles.